The highest BCUT2D eigenvalue weighted by Gasteiger charge is 2.20. The van der Waals surface area contributed by atoms with Gasteiger partial charge >= 0.3 is 0 Å². The molecule has 0 aliphatic rings. The maximum Gasteiger partial charge on any atom is 0.118 e. The highest BCUT2D eigenvalue weighted by Crippen LogP contribution is 2.24. The van der Waals surface area contributed by atoms with Gasteiger partial charge in [0.2, 0.25) is 0 Å². The summed E-state index contributed by atoms with van der Waals surface area (Å²) in [6.07, 6.45) is 4.01. The Bertz CT molecular complexity index is 561. The summed E-state index contributed by atoms with van der Waals surface area (Å²) in [5, 5.41) is 9.85. The number of aryl methyl sites for hydroxylation is 1. The SMILES string of the molecule is CC(C)(Cc1ccccc1O)OCCCCc1ccccc1. The lowest BCUT2D eigenvalue weighted by Gasteiger charge is -2.26. The van der Waals surface area contributed by atoms with Crippen LogP contribution in [-0.2, 0) is 17.6 Å². The lowest BCUT2D eigenvalue weighted by molar-refractivity contribution is -0.0188. The Morgan fingerprint density at radius 2 is 1.59 bits per heavy atom. The molecule has 22 heavy (non-hydrogen) atoms. The third-order valence-electron chi connectivity index (χ3n) is 3.80. The molecule has 0 bridgehead atoms. The molecule has 2 nitrogen and oxygen atoms in total. The molecule has 0 aromatic heterocycles. The minimum atomic E-state index is -0.258. The molecular weight excluding hydrogens is 272 g/mol. The molecule has 0 aliphatic carbocycles. The quantitative estimate of drug-likeness (QED) is 0.712. The van der Waals surface area contributed by atoms with Gasteiger partial charge in [-0.25, -0.2) is 0 Å². The third-order valence-corrected chi connectivity index (χ3v) is 3.80. The first-order valence-corrected chi connectivity index (χ1v) is 8.02. The van der Waals surface area contributed by atoms with E-state index in [2.05, 4.69) is 38.1 Å². The second-order valence-corrected chi connectivity index (χ2v) is 6.36. The van der Waals surface area contributed by atoms with Crippen LogP contribution in [0.25, 0.3) is 0 Å². The summed E-state index contributed by atoms with van der Waals surface area (Å²) in [4.78, 5) is 0. The highest BCUT2D eigenvalue weighted by atomic mass is 16.5. The van der Waals surface area contributed by atoms with Crippen molar-refractivity contribution in [3.63, 3.8) is 0 Å². The van der Waals surface area contributed by atoms with Gasteiger partial charge < -0.3 is 9.84 Å². The van der Waals surface area contributed by atoms with Crippen LogP contribution >= 0.6 is 0 Å². The van der Waals surface area contributed by atoms with Crippen LogP contribution in [0, 0.1) is 0 Å². The Morgan fingerprint density at radius 1 is 0.909 bits per heavy atom. The van der Waals surface area contributed by atoms with Crippen molar-refractivity contribution in [2.24, 2.45) is 0 Å². The van der Waals surface area contributed by atoms with Gasteiger partial charge in [-0.1, -0.05) is 48.5 Å². The first-order valence-electron chi connectivity index (χ1n) is 8.02. The average Bonchev–Trinajstić information content (AvgIpc) is 2.50. The number of phenols is 1. The summed E-state index contributed by atoms with van der Waals surface area (Å²) in [5.41, 5.74) is 2.07. The minimum absolute atomic E-state index is 0.258. The van der Waals surface area contributed by atoms with Crippen molar-refractivity contribution in [3.8, 4) is 5.75 Å². The van der Waals surface area contributed by atoms with Gasteiger partial charge in [-0.3, -0.25) is 0 Å². The van der Waals surface area contributed by atoms with Crippen LogP contribution in [0.3, 0.4) is 0 Å². The maximum atomic E-state index is 9.85. The van der Waals surface area contributed by atoms with Crippen LogP contribution in [0.4, 0.5) is 0 Å². The van der Waals surface area contributed by atoms with E-state index in [1.807, 2.05) is 24.3 Å². The lowest BCUT2D eigenvalue weighted by atomic mass is 9.97. The number of hydrogen-bond acceptors (Lipinski definition) is 2. The molecule has 0 amide bonds. The minimum Gasteiger partial charge on any atom is -0.508 e. The molecule has 0 fully saturated rings. The third kappa shape index (κ3) is 5.53. The largest absolute Gasteiger partial charge is 0.508 e. The van der Waals surface area contributed by atoms with E-state index >= 15 is 0 Å². The summed E-state index contributed by atoms with van der Waals surface area (Å²) in [5.74, 6) is 0.350. The van der Waals surface area contributed by atoms with E-state index in [0.29, 0.717) is 5.75 Å². The summed E-state index contributed by atoms with van der Waals surface area (Å²) >= 11 is 0. The first kappa shape index (κ1) is 16.6. The topological polar surface area (TPSA) is 29.5 Å². The Hall–Kier alpha value is -1.80. The van der Waals surface area contributed by atoms with E-state index in [1.54, 1.807) is 6.07 Å². The van der Waals surface area contributed by atoms with Crippen LogP contribution in [0.15, 0.2) is 54.6 Å². The first-order chi connectivity index (χ1) is 10.6. The van der Waals surface area contributed by atoms with Crippen molar-refractivity contribution in [1.29, 1.82) is 0 Å². The fourth-order valence-corrected chi connectivity index (χ4v) is 2.59. The van der Waals surface area contributed by atoms with Crippen LogP contribution in [0.5, 0.6) is 5.75 Å². The van der Waals surface area contributed by atoms with Crippen molar-refractivity contribution in [2.75, 3.05) is 6.61 Å². The fraction of sp³-hybridized carbons (Fsp3) is 0.400. The molecule has 0 atom stereocenters. The number of phenolic OH excluding ortho intramolecular Hbond substituents is 1. The fourth-order valence-electron chi connectivity index (χ4n) is 2.59. The molecule has 0 saturated heterocycles. The Balaban J connectivity index is 1.70. The van der Waals surface area contributed by atoms with Gasteiger partial charge in [0.1, 0.15) is 5.75 Å². The second-order valence-electron chi connectivity index (χ2n) is 6.36. The van der Waals surface area contributed by atoms with Crippen molar-refractivity contribution < 1.29 is 9.84 Å². The molecular formula is C20H26O2. The molecule has 0 spiro atoms. The van der Waals surface area contributed by atoms with Crippen molar-refractivity contribution in [2.45, 2.75) is 45.1 Å². The molecule has 2 heteroatoms. The standard InChI is InChI=1S/C20H26O2/c1-20(2,16-18-13-6-7-14-19(18)21)22-15-9-8-12-17-10-4-3-5-11-17/h3-7,10-11,13-14,21H,8-9,12,15-16H2,1-2H3. The van der Waals surface area contributed by atoms with Crippen molar-refractivity contribution in [3.05, 3.63) is 65.7 Å². The number of benzene rings is 2. The zero-order chi connectivity index (χ0) is 15.8. The van der Waals surface area contributed by atoms with E-state index < -0.39 is 0 Å². The molecule has 2 rings (SSSR count). The predicted molar refractivity (Wildman–Crippen MR) is 91.2 cm³/mol. The van der Waals surface area contributed by atoms with Gasteiger partial charge in [0, 0.05) is 13.0 Å². The van der Waals surface area contributed by atoms with Gasteiger partial charge in [0.25, 0.3) is 0 Å². The average molecular weight is 298 g/mol. The van der Waals surface area contributed by atoms with Crippen LogP contribution in [0.2, 0.25) is 0 Å². The number of hydrogen-bond donors (Lipinski definition) is 1. The predicted octanol–water partition coefficient (Wildman–Crippen LogP) is 4.75. The summed E-state index contributed by atoms with van der Waals surface area (Å²) in [7, 11) is 0. The molecule has 0 radical (unpaired) electrons. The molecule has 0 unspecified atom stereocenters. The number of unbranched alkanes of at least 4 members (excludes halogenated alkanes) is 1. The van der Waals surface area contributed by atoms with E-state index in [1.165, 1.54) is 5.56 Å². The monoisotopic (exact) mass is 298 g/mol. The summed E-state index contributed by atoms with van der Waals surface area (Å²) < 4.78 is 6.02. The molecule has 2 aromatic rings. The lowest BCUT2D eigenvalue weighted by Crippen LogP contribution is -2.28. The number of rotatable bonds is 8. The Labute approximate surface area is 133 Å². The number of para-hydroxylation sites is 1. The summed E-state index contributed by atoms with van der Waals surface area (Å²) in [6, 6.07) is 18.0. The van der Waals surface area contributed by atoms with Crippen molar-refractivity contribution in [1.82, 2.24) is 0 Å². The molecule has 118 valence electrons. The van der Waals surface area contributed by atoms with Gasteiger partial charge in [-0.2, -0.15) is 0 Å². The Morgan fingerprint density at radius 3 is 2.32 bits per heavy atom. The highest BCUT2D eigenvalue weighted by molar-refractivity contribution is 5.32. The zero-order valence-corrected chi connectivity index (χ0v) is 13.6. The molecule has 2 aromatic carbocycles. The van der Waals surface area contributed by atoms with Crippen LogP contribution < -0.4 is 0 Å². The van der Waals surface area contributed by atoms with Gasteiger partial charge in [0.05, 0.1) is 5.60 Å². The van der Waals surface area contributed by atoms with Crippen LogP contribution in [-0.4, -0.2) is 17.3 Å². The molecule has 0 heterocycles. The molecule has 0 saturated carbocycles. The van der Waals surface area contributed by atoms with E-state index in [-0.39, 0.29) is 5.60 Å². The van der Waals surface area contributed by atoms with E-state index in [9.17, 15) is 5.11 Å². The van der Waals surface area contributed by atoms with Crippen LogP contribution in [0.1, 0.15) is 37.8 Å². The zero-order valence-electron chi connectivity index (χ0n) is 13.6. The van der Waals surface area contributed by atoms with Gasteiger partial charge in [0.15, 0.2) is 0 Å². The smallest absolute Gasteiger partial charge is 0.118 e. The van der Waals surface area contributed by atoms with Crippen molar-refractivity contribution >= 4 is 0 Å². The second kappa shape index (κ2) is 8.00. The number of aromatic hydroxyl groups is 1. The number of ether oxygens (including phenoxy) is 1. The Kier molecular flexibility index (Phi) is 6.02. The van der Waals surface area contributed by atoms with Gasteiger partial charge in [-0.05, 0) is 50.3 Å². The van der Waals surface area contributed by atoms with E-state index in [4.69, 9.17) is 4.74 Å². The van der Waals surface area contributed by atoms with Gasteiger partial charge in [-0.15, -0.1) is 0 Å². The molecule has 0 aliphatic heterocycles. The normalized spacial score (nSPS) is 11.5. The summed E-state index contributed by atoms with van der Waals surface area (Å²) in [6.45, 7) is 4.92. The van der Waals surface area contributed by atoms with E-state index in [0.717, 1.165) is 37.9 Å². The maximum absolute atomic E-state index is 9.85. The molecule has 1 N–H and O–H groups in total.